The Balaban J connectivity index is 1.80. The third-order valence-corrected chi connectivity index (χ3v) is 4.64. The first-order valence-electron chi connectivity index (χ1n) is 6.23. The van der Waals surface area contributed by atoms with E-state index in [4.69, 9.17) is 17.3 Å². The Morgan fingerprint density at radius 2 is 1.84 bits per heavy atom. The van der Waals surface area contributed by atoms with Gasteiger partial charge in [-0.15, -0.1) is 0 Å². The number of likely N-dealkylation sites (tertiary alicyclic amines) is 1. The zero-order chi connectivity index (χ0) is 13.9. The summed E-state index contributed by atoms with van der Waals surface area (Å²) in [5.74, 6) is -0.392. The predicted molar refractivity (Wildman–Crippen MR) is 72.2 cm³/mol. The normalized spacial score (nSPS) is 27.6. The fraction of sp³-hybridized carbons (Fsp3) is 0.429. The summed E-state index contributed by atoms with van der Waals surface area (Å²) < 4.78 is 0. The van der Waals surface area contributed by atoms with Gasteiger partial charge in [-0.05, 0) is 23.1 Å². The molecule has 1 heterocycles. The molecule has 1 aliphatic carbocycles. The molecule has 2 atom stereocenters. The van der Waals surface area contributed by atoms with E-state index in [-0.39, 0.29) is 35.6 Å². The first kappa shape index (κ1) is 12.5. The van der Waals surface area contributed by atoms with Crippen molar-refractivity contribution in [2.24, 2.45) is 17.3 Å². The van der Waals surface area contributed by atoms with Gasteiger partial charge in [-0.25, -0.2) is 0 Å². The number of benzene rings is 1. The highest BCUT2D eigenvalue weighted by atomic mass is 35.5. The van der Waals surface area contributed by atoms with Crippen molar-refractivity contribution in [3.05, 3.63) is 28.8 Å². The molecule has 5 heteroatoms. The molecule has 1 aromatic carbocycles. The molecule has 1 saturated carbocycles. The van der Waals surface area contributed by atoms with Crippen LogP contribution in [0.3, 0.4) is 0 Å². The topological polar surface area (TPSA) is 63.4 Å². The van der Waals surface area contributed by atoms with Crippen LogP contribution in [-0.4, -0.2) is 16.7 Å². The second kappa shape index (κ2) is 3.73. The lowest BCUT2D eigenvalue weighted by molar-refractivity contribution is -0.143. The van der Waals surface area contributed by atoms with Crippen LogP contribution >= 0.6 is 11.6 Å². The number of hydrogen-bond acceptors (Lipinski definition) is 3. The lowest BCUT2D eigenvalue weighted by atomic mass is 10.1. The fourth-order valence-corrected chi connectivity index (χ4v) is 3.15. The quantitative estimate of drug-likeness (QED) is 0.665. The fourth-order valence-electron chi connectivity index (χ4n) is 3.03. The number of nitrogen functional groups attached to an aromatic ring is 1. The van der Waals surface area contributed by atoms with E-state index in [2.05, 4.69) is 0 Å². The summed E-state index contributed by atoms with van der Waals surface area (Å²) in [5, 5.41) is 0.479. The van der Waals surface area contributed by atoms with Crippen molar-refractivity contribution in [1.29, 1.82) is 0 Å². The van der Waals surface area contributed by atoms with Crippen molar-refractivity contribution in [3.8, 4) is 0 Å². The maximum Gasteiger partial charge on any atom is 0.233 e. The number of carbonyl (C=O) groups excluding carboxylic acids is 2. The molecular formula is C14H15ClN2O2. The zero-order valence-corrected chi connectivity index (χ0v) is 11.6. The average molecular weight is 279 g/mol. The van der Waals surface area contributed by atoms with Crippen LogP contribution in [0.5, 0.6) is 0 Å². The lowest BCUT2D eigenvalue weighted by Gasteiger charge is -2.20. The van der Waals surface area contributed by atoms with Gasteiger partial charge >= 0.3 is 0 Å². The Hall–Kier alpha value is -1.55. The number of anilines is 1. The first-order chi connectivity index (χ1) is 8.84. The molecule has 2 N–H and O–H groups in total. The number of imide groups is 1. The summed E-state index contributed by atoms with van der Waals surface area (Å²) >= 11 is 5.85. The smallest absolute Gasteiger partial charge is 0.233 e. The average Bonchev–Trinajstić information content (AvgIpc) is 2.81. The summed E-state index contributed by atoms with van der Waals surface area (Å²) in [6.45, 7) is 4.22. The van der Waals surface area contributed by atoms with E-state index in [0.717, 1.165) is 5.56 Å². The SMILES string of the molecule is CC1(C)C2C(=O)N(Cc3ccc(Cl)c(N)c3)C(=O)C21. The molecule has 4 nitrogen and oxygen atoms in total. The molecule has 0 bridgehead atoms. The Labute approximate surface area is 116 Å². The number of hydrogen-bond donors (Lipinski definition) is 1. The van der Waals surface area contributed by atoms with Gasteiger partial charge in [0.05, 0.1) is 29.1 Å². The van der Waals surface area contributed by atoms with Gasteiger partial charge in [0.15, 0.2) is 0 Å². The molecular weight excluding hydrogens is 264 g/mol. The van der Waals surface area contributed by atoms with E-state index >= 15 is 0 Å². The zero-order valence-electron chi connectivity index (χ0n) is 10.8. The summed E-state index contributed by atoms with van der Waals surface area (Å²) in [6, 6.07) is 5.17. The summed E-state index contributed by atoms with van der Waals surface area (Å²) in [4.78, 5) is 25.7. The molecule has 0 aromatic heterocycles. The van der Waals surface area contributed by atoms with E-state index in [0.29, 0.717) is 10.7 Å². The van der Waals surface area contributed by atoms with Crippen molar-refractivity contribution in [1.82, 2.24) is 4.90 Å². The number of halogens is 1. The molecule has 1 aromatic rings. The molecule has 3 rings (SSSR count). The summed E-state index contributed by atoms with van der Waals surface area (Å²) in [6.07, 6.45) is 0. The molecule has 2 amide bonds. The van der Waals surface area contributed by atoms with Crippen molar-refractivity contribution in [2.75, 3.05) is 5.73 Å². The summed E-state index contributed by atoms with van der Waals surface area (Å²) in [7, 11) is 0. The molecule has 0 radical (unpaired) electrons. The van der Waals surface area contributed by atoms with Gasteiger partial charge in [-0.1, -0.05) is 31.5 Å². The van der Waals surface area contributed by atoms with Crippen LogP contribution in [0.4, 0.5) is 5.69 Å². The van der Waals surface area contributed by atoms with Gasteiger partial charge in [-0.2, -0.15) is 0 Å². The minimum absolute atomic E-state index is 0.0616. The maximum atomic E-state index is 12.2. The standard InChI is InChI=1S/C14H15ClN2O2/c1-14(2)10-11(14)13(19)17(12(10)18)6-7-3-4-8(15)9(16)5-7/h3-5,10-11H,6,16H2,1-2H3. The number of fused-ring (bicyclic) bond motifs is 1. The van der Waals surface area contributed by atoms with E-state index in [1.54, 1.807) is 18.2 Å². The molecule has 19 heavy (non-hydrogen) atoms. The van der Waals surface area contributed by atoms with Gasteiger partial charge in [0.25, 0.3) is 0 Å². The Kier molecular flexibility index (Phi) is 2.45. The Morgan fingerprint density at radius 3 is 2.37 bits per heavy atom. The van der Waals surface area contributed by atoms with Crippen LogP contribution in [0.2, 0.25) is 5.02 Å². The van der Waals surface area contributed by atoms with Gasteiger partial charge in [0.1, 0.15) is 0 Å². The highest BCUT2D eigenvalue weighted by Crippen LogP contribution is 2.63. The van der Waals surface area contributed by atoms with Crippen LogP contribution in [0.25, 0.3) is 0 Å². The van der Waals surface area contributed by atoms with Gasteiger partial charge in [0.2, 0.25) is 11.8 Å². The Morgan fingerprint density at radius 1 is 1.26 bits per heavy atom. The molecule has 100 valence electrons. The number of piperidine rings is 1. The van der Waals surface area contributed by atoms with E-state index in [9.17, 15) is 9.59 Å². The highest BCUT2D eigenvalue weighted by Gasteiger charge is 2.72. The molecule has 1 saturated heterocycles. The number of nitrogens with zero attached hydrogens (tertiary/aromatic N) is 1. The van der Waals surface area contributed by atoms with Crippen molar-refractivity contribution in [2.45, 2.75) is 20.4 Å². The molecule has 2 aliphatic rings. The predicted octanol–water partition coefficient (Wildman–Crippen LogP) is 2.06. The molecule has 2 unspecified atom stereocenters. The van der Waals surface area contributed by atoms with Crippen LogP contribution in [-0.2, 0) is 16.1 Å². The van der Waals surface area contributed by atoms with Crippen LogP contribution in [0.1, 0.15) is 19.4 Å². The second-order valence-corrected chi connectivity index (χ2v) is 6.30. The largest absolute Gasteiger partial charge is 0.398 e. The third-order valence-electron chi connectivity index (χ3n) is 4.29. The highest BCUT2D eigenvalue weighted by molar-refractivity contribution is 6.33. The lowest BCUT2D eigenvalue weighted by Crippen LogP contribution is -2.35. The van der Waals surface area contributed by atoms with E-state index < -0.39 is 0 Å². The van der Waals surface area contributed by atoms with E-state index in [1.807, 2.05) is 13.8 Å². The number of rotatable bonds is 2. The molecule has 2 fully saturated rings. The summed E-state index contributed by atoms with van der Waals surface area (Å²) in [5.41, 5.74) is 6.84. The van der Waals surface area contributed by atoms with Crippen LogP contribution in [0.15, 0.2) is 18.2 Å². The maximum absolute atomic E-state index is 12.2. The van der Waals surface area contributed by atoms with Gasteiger partial charge in [0, 0.05) is 0 Å². The van der Waals surface area contributed by atoms with Crippen LogP contribution in [0, 0.1) is 17.3 Å². The van der Waals surface area contributed by atoms with Crippen LogP contribution < -0.4 is 5.73 Å². The van der Waals surface area contributed by atoms with Gasteiger partial charge in [-0.3, -0.25) is 14.5 Å². The number of carbonyl (C=O) groups is 2. The Bertz CT molecular complexity index is 573. The molecule has 1 aliphatic heterocycles. The minimum atomic E-state index is -0.163. The number of amides is 2. The first-order valence-corrected chi connectivity index (χ1v) is 6.61. The molecule has 0 spiro atoms. The monoisotopic (exact) mass is 278 g/mol. The van der Waals surface area contributed by atoms with Gasteiger partial charge < -0.3 is 5.73 Å². The minimum Gasteiger partial charge on any atom is -0.398 e. The van der Waals surface area contributed by atoms with Crippen molar-refractivity contribution in [3.63, 3.8) is 0 Å². The third kappa shape index (κ3) is 1.66. The van der Waals surface area contributed by atoms with E-state index in [1.165, 1.54) is 4.90 Å². The van der Waals surface area contributed by atoms with Crippen molar-refractivity contribution >= 4 is 29.1 Å². The number of nitrogens with two attached hydrogens (primary N) is 1. The second-order valence-electron chi connectivity index (χ2n) is 5.90. The van der Waals surface area contributed by atoms with Crippen molar-refractivity contribution < 1.29 is 9.59 Å².